The molecule has 0 aliphatic heterocycles. The smallest absolute Gasteiger partial charge is 0.228 e. The number of aryl methyl sites for hydroxylation is 1. The van der Waals surface area contributed by atoms with Crippen molar-refractivity contribution in [1.29, 1.82) is 0 Å². The van der Waals surface area contributed by atoms with Crippen LogP contribution < -0.4 is 0 Å². The molecule has 1 aromatic carbocycles. The van der Waals surface area contributed by atoms with E-state index in [9.17, 15) is 4.79 Å². The van der Waals surface area contributed by atoms with E-state index in [0.717, 1.165) is 24.1 Å². The summed E-state index contributed by atoms with van der Waals surface area (Å²) in [7, 11) is 0. The molecule has 2 rings (SSSR count). The molecule has 25 heavy (non-hydrogen) atoms. The van der Waals surface area contributed by atoms with Crippen molar-refractivity contribution in [3.05, 3.63) is 35.7 Å². The topological polar surface area (TPSA) is 59.2 Å². The van der Waals surface area contributed by atoms with Crippen LogP contribution >= 0.6 is 0 Å². The fraction of sp³-hybridized carbons (Fsp3) is 0.550. The normalized spacial score (nSPS) is 11.6. The van der Waals surface area contributed by atoms with Crippen molar-refractivity contribution in [1.82, 2.24) is 15.0 Å². The number of hydrogen-bond donors (Lipinski definition) is 0. The monoisotopic (exact) mass is 343 g/mol. The highest BCUT2D eigenvalue weighted by Gasteiger charge is 2.21. The molecule has 136 valence electrons. The Labute approximate surface area is 150 Å². The average molecular weight is 343 g/mol. The van der Waals surface area contributed by atoms with E-state index in [0.29, 0.717) is 31.1 Å². The first-order valence-corrected chi connectivity index (χ1v) is 8.96. The van der Waals surface area contributed by atoms with Crippen LogP contribution in [0.2, 0.25) is 0 Å². The number of nitrogens with zero attached hydrogens (tertiary/aromatic N) is 3. The summed E-state index contributed by atoms with van der Waals surface area (Å²) in [5, 5.41) is 4.07. The summed E-state index contributed by atoms with van der Waals surface area (Å²) in [6.07, 6.45) is 2.06. The van der Waals surface area contributed by atoms with E-state index in [1.54, 1.807) is 0 Å². The van der Waals surface area contributed by atoms with E-state index >= 15 is 0 Å². The fourth-order valence-corrected chi connectivity index (χ4v) is 2.69. The second-order valence-corrected chi connectivity index (χ2v) is 7.75. The van der Waals surface area contributed by atoms with Crippen molar-refractivity contribution in [2.24, 2.45) is 5.41 Å². The first-order valence-electron chi connectivity index (χ1n) is 8.96. The minimum atomic E-state index is -0.00803. The van der Waals surface area contributed by atoms with Gasteiger partial charge in [0.1, 0.15) is 0 Å². The third kappa shape index (κ3) is 6.00. The summed E-state index contributed by atoms with van der Waals surface area (Å²) in [4.78, 5) is 18.9. The predicted octanol–water partition coefficient (Wildman–Crippen LogP) is 4.26. The maximum Gasteiger partial charge on any atom is 0.228 e. The zero-order chi connectivity index (χ0) is 18.4. The molecule has 0 N–H and O–H groups in total. The van der Waals surface area contributed by atoms with Crippen LogP contribution in [0.3, 0.4) is 0 Å². The van der Waals surface area contributed by atoms with Crippen LogP contribution in [0.5, 0.6) is 0 Å². The van der Waals surface area contributed by atoms with Gasteiger partial charge in [0.15, 0.2) is 0 Å². The van der Waals surface area contributed by atoms with Crippen molar-refractivity contribution < 1.29 is 9.32 Å². The highest BCUT2D eigenvalue weighted by Crippen LogP contribution is 2.20. The first-order chi connectivity index (χ1) is 11.8. The molecule has 5 heteroatoms. The molecule has 0 saturated carbocycles. The Morgan fingerprint density at radius 2 is 2.00 bits per heavy atom. The maximum absolute atomic E-state index is 12.5. The van der Waals surface area contributed by atoms with Crippen LogP contribution in [-0.2, 0) is 11.2 Å². The molecule has 0 aliphatic rings. The van der Waals surface area contributed by atoms with Gasteiger partial charge >= 0.3 is 0 Å². The Balaban J connectivity index is 2.00. The Kier molecular flexibility index (Phi) is 6.34. The van der Waals surface area contributed by atoms with Gasteiger partial charge in [-0.15, -0.1) is 0 Å². The largest absolute Gasteiger partial charge is 0.342 e. The molecule has 0 aliphatic carbocycles. The molecule has 0 atom stereocenters. The molecule has 1 amide bonds. The van der Waals surface area contributed by atoms with Gasteiger partial charge in [-0.25, -0.2) is 0 Å². The van der Waals surface area contributed by atoms with Crippen LogP contribution in [0.1, 0.15) is 52.0 Å². The highest BCUT2D eigenvalue weighted by atomic mass is 16.5. The van der Waals surface area contributed by atoms with E-state index in [1.165, 1.54) is 0 Å². The number of benzene rings is 1. The second-order valence-electron chi connectivity index (χ2n) is 7.75. The average Bonchev–Trinajstić information content (AvgIpc) is 2.98. The summed E-state index contributed by atoms with van der Waals surface area (Å²) in [5.41, 5.74) is 2.10. The van der Waals surface area contributed by atoms with Gasteiger partial charge in [-0.05, 0) is 24.8 Å². The molecule has 5 nitrogen and oxygen atoms in total. The second kappa shape index (κ2) is 8.28. The molecular formula is C20H29N3O2. The number of carbonyl (C=O) groups excluding carboxylic acids is 1. The molecule has 0 unspecified atom stereocenters. The lowest BCUT2D eigenvalue weighted by molar-refractivity contribution is -0.133. The Morgan fingerprint density at radius 3 is 2.64 bits per heavy atom. The number of hydrogen-bond acceptors (Lipinski definition) is 4. The molecule has 0 saturated heterocycles. The van der Waals surface area contributed by atoms with Crippen LogP contribution in [-0.4, -0.2) is 34.0 Å². The molecular weight excluding hydrogens is 314 g/mol. The third-order valence-electron chi connectivity index (χ3n) is 3.87. The summed E-state index contributed by atoms with van der Waals surface area (Å²) < 4.78 is 5.37. The Hall–Kier alpha value is -2.17. The van der Waals surface area contributed by atoms with E-state index in [4.69, 9.17) is 4.52 Å². The predicted molar refractivity (Wildman–Crippen MR) is 99.1 cm³/mol. The van der Waals surface area contributed by atoms with Gasteiger partial charge in [0.25, 0.3) is 0 Å². The molecule has 1 aromatic heterocycles. The van der Waals surface area contributed by atoms with E-state index in [2.05, 4.69) is 37.8 Å². The van der Waals surface area contributed by atoms with Crippen LogP contribution in [0.4, 0.5) is 0 Å². The standard InChI is InChI=1S/C20H29N3O2/c1-6-11-23(18(24)14-20(3,4)5)12-10-17-21-19(22-25-17)16-9-7-8-15(2)13-16/h7-9,13H,6,10-12,14H2,1-5H3. The Bertz CT molecular complexity index is 701. The number of amides is 1. The molecule has 1 heterocycles. The number of aromatic nitrogens is 2. The van der Waals surface area contributed by atoms with Gasteiger partial charge in [-0.3, -0.25) is 4.79 Å². The van der Waals surface area contributed by atoms with Gasteiger partial charge in [0.05, 0.1) is 0 Å². The van der Waals surface area contributed by atoms with Crippen molar-refractivity contribution in [2.75, 3.05) is 13.1 Å². The van der Waals surface area contributed by atoms with Crippen LogP contribution in [0, 0.1) is 12.3 Å². The Morgan fingerprint density at radius 1 is 1.24 bits per heavy atom. The van der Waals surface area contributed by atoms with Gasteiger partial charge in [-0.2, -0.15) is 4.98 Å². The van der Waals surface area contributed by atoms with Crippen LogP contribution in [0.25, 0.3) is 11.4 Å². The molecule has 2 aromatic rings. The molecule has 0 fully saturated rings. The lowest BCUT2D eigenvalue weighted by atomic mass is 9.91. The summed E-state index contributed by atoms with van der Waals surface area (Å²) in [6.45, 7) is 11.7. The number of rotatable bonds is 7. The van der Waals surface area contributed by atoms with Crippen LogP contribution in [0.15, 0.2) is 28.8 Å². The van der Waals surface area contributed by atoms with Gasteiger partial charge in [-0.1, -0.05) is 56.6 Å². The molecule has 0 radical (unpaired) electrons. The molecule has 0 spiro atoms. The first kappa shape index (κ1) is 19.2. The van der Waals surface area contributed by atoms with Gasteiger partial charge in [0, 0.05) is 31.5 Å². The van der Waals surface area contributed by atoms with Crippen molar-refractivity contribution in [3.63, 3.8) is 0 Å². The van der Waals surface area contributed by atoms with Gasteiger partial charge < -0.3 is 9.42 Å². The van der Waals surface area contributed by atoms with Crippen molar-refractivity contribution in [3.8, 4) is 11.4 Å². The SMILES string of the molecule is CCCN(CCc1nc(-c2cccc(C)c2)no1)C(=O)CC(C)(C)C. The molecule has 0 bridgehead atoms. The third-order valence-corrected chi connectivity index (χ3v) is 3.87. The highest BCUT2D eigenvalue weighted by molar-refractivity contribution is 5.76. The zero-order valence-corrected chi connectivity index (χ0v) is 16.0. The quantitative estimate of drug-likeness (QED) is 0.753. The summed E-state index contributed by atoms with van der Waals surface area (Å²) >= 11 is 0. The maximum atomic E-state index is 12.5. The summed E-state index contributed by atoms with van der Waals surface area (Å²) in [6, 6.07) is 8.02. The minimum absolute atomic E-state index is 0.00803. The van der Waals surface area contributed by atoms with Gasteiger partial charge in [0.2, 0.25) is 17.6 Å². The van der Waals surface area contributed by atoms with E-state index in [-0.39, 0.29) is 11.3 Å². The number of carbonyl (C=O) groups is 1. The van der Waals surface area contributed by atoms with Crippen molar-refractivity contribution >= 4 is 5.91 Å². The minimum Gasteiger partial charge on any atom is -0.342 e. The summed E-state index contributed by atoms with van der Waals surface area (Å²) in [5.74, 6) is 1.36. The lowest BCUT2D eigenvalue weighted by Crippen LogP contribution is -2.35. The lowest BCUT2D eigenvalue weighted by Gasteiger charge is -2.26. The zero-order valence-electron chi connectivity index (χ0n) is 16.0. The van der Waals surface area contributed by atoms with E-state index < -0.39 is 0 Å². The van der Waals surface area contributed by atoms with E-state index in [1.807, 2.05) is 36.1 Å². The van der Waals surface area contributed by atoms with Crippen molar-refractivity contribution in [2.45, 2.75) is 53.9 Å². The fourth-order valence-electron chi connectivity index (χ4n) is 2.69.